The van der Waals surface area contributed by atoms with Crippen molar-refractivity contribution in [1.29, 1.82) is 0 Å². The van der Waals surface area contributed by atoms with Crippen LogP contribution in [0.15, 0.2) is 91.1 Å². The van der Waals surface area contributed by atoms with E-state index in [-0.39, 0.29) is 37.2 Å². The number of ether oxygens (including phenoxy) is 1. The molecule has 0 bridgehead atoms. The number of hydrogen-bond acceptors (Lipinski definition) is 3. The predicted molar refractivity (Wildman–Crippen MR) is 220 cm³/mol. The van der Waals surface area contributed by atoms with Crippen LogP contribution in [0.5, 0.6) is 11.5 Å². The minimum Gasteiger partial charge on any atom is -0.509 e. The summed E-state index contributed by atoms with van der Waals surface area (Å²) in [7, 11) is 0. The Hall–Kier alpha value is -4.50. The molecule has 3 heterocycles. The first-order chi connectivity index (χ1) is 25.1. The van der Waals surface area contributed by atoms with Gasteiger partial charge in [0.1, 0.15) is 5.82 Å². The topological polar surface area (TPSA) is 44.9 Å². The van der Waals surface area contributed by atoms with Crippen molar-refractivity contribution >= 4 is 21.8 Å². The van der Waals surface area contributed by atoms with Crippen molar-refractivity contribution < 1.29 is 25.2 Å². The van der Waals surface area contributed by atoms with Crippen molar-refractivity contribution in [2.75, 3.05) is 0 Å². The molecule has 7 aromatic rings. The smallest absolute Gasteiger partial charge is 0.509 e. The van der Waals surface area contributed by atoms with Crippen molar-refractivity contribution in [3.63, 3.8) is 0 Å². The molecule has 6 heteroatoms. The van der Waals surface area contributed by atoms with Crippen LogP contribution in [-0.2, 0) is 37.7 Å². The predicted octanol–water partition coefficient (Wildman–Crippen LogP) is 12.6. The van der Waals surface area contributed by atoms with Gasteiger partial charge < -0.3 is 9.30 Å². The van der Waals surface area contributed by atoms with E-state index in [1.165, 1.54) is 27.9 Å². The Bertz CT molecular complexity index is 2420. The minimum absolute atomic E-state index is 0. The second kappa shape index (κ2) is 15.0. The van der Waals surface area contributed by atoms with Gasteiger partial charge in [0.15, 0.2) is 0 Å². The second-order valence-electron chi connectivity index (χ2n) is 17.3. The Labute approximate surface area is 335 Å². The molecule has 0 spiro atoms. The minimum atomic E-state index is 0. The van der Waals surface area contributed by atoms with Crippen LogP contribution in [0.1, 0.15) is 103 Å². The van der Waals surface area contributed by atoms with Crippen LogP contribution in [0, 0.1) is 25.0 Å². The molecule has 0 amide bonds. The quantitative estimate of drug-likeness (QED) is 0.113. The molecule has 7 rings (SSSR count). The van der Waals surface area contributed by atoms with Gasteiger partial charge in [0.2, 0.25) is 0 Å². The maximum Gasteiger partial charge on any atom is 2.00 e. The zero-order valence-corrected chi connectivity index (χ0v) is 35.1. The molecule has 0 aliphatic carbocycles. The first-order valence-electron chi connectivity index (χ1n) is 19.0. The molecule has 0 saturated heterocycles. The van der Waals surface area contributed by atoms with Crippen LogP contribution in [0.4, 0.5) is 0 Å². The monoisotopic (exact) mass is 806 g/mol. The molecule has 0 aliphatic heterocycles. The van der Waals surface area contributed by atoms with Crippen molar-refractivity contribution in [2.24, 2.45) is 5.92 Å². The molecule has 5 nitrogen and oxygen atoms in total. The number of hydrogen-bond donors (Lipinski definition) is 0. The summed E-state index contributed by atoms with van der Waals surface area (Å²) in [5, 5.41) is 7.62. The molecule has 0 fully saturated rings. The number of aryl methyl sites for hydroxylation is 1. The van der Waals surface area contributed by atoms with Gasteiger partial charge in [-0.05, 0) is 87.5 Å². The molecule has 4 aromatic carbocycles. The molecule has 0 atom stereocenters. The van der Waals surface area contributed by atoms with Crippen LogP contribution in [-0.4, -0.2) is 19.3 Å². The van der Waals surface area contributed by atoms with Gasteiger partial charge >= 0.3 is 20.4 Å². The molecule has 0 N–H and O–H groups in total. The number of nitrogens with zero attached hydrogens (tertiary/aromatic N) is 4. The Kier molecular flexibility index (Phi) is 10.9. The summed E-state index contributed by atoms with van der Waals surface area (Å²) in [6, 6.07) is 37.1. The average Bonchev–Trinajstić information content (AvgIpc) is 3.63. The fraction of sp³-hybridized carbons (Fsp3) is 0.333. The first kappa shape index (κ1) is 39.2. The van der Waals surface area contributed by atoms with Crippen LogP contribution in [0.2, 0.25) is 0 Å². The molecular formula is C48H52N4OPd. The Morgan fingerprint density at radius 1 is 0.741 bits per heavy atom. The molecule has 280 valence electrons. The van der Waals surface area contributed by atoms with Crippen LogP contribution < -0.4 is 4.74 Å². The molecule has 3 aromatic heterocycles. The molecular weight excluding hydrogens is 755 g/mol. The summed E-state index contributed by atoms with van der Waals surface area (Å²) in [5.41, 5.74) is 11.5. The maximum atomic E-state index is 6.57. The van der Waals surface area contributed by atoms with Crippen molar-refractivity contribution in [3.8, 4) is 34.1 Å². The van der Waals surface area contributed by atoms with Crippen LogP contribution >= 0.6 is 0 Å². The first-order valence-corrected chi connectivity index (χ1v) is 19.0. The van der Waals surface area contributed by atoms with E-state index in [4.69, 9.17) is 14.8 Å². The Balaban J connectivity index is 0.00000497. The van der Waals surface area contributed by atoms with Gasteiger partial charge in [0.25, 0.3) is 0 Å². The van der Waals surface area contributed by atoms with E-state index in [2.05, 4.69) is 158 Å². The normalized spacial score (nSPS) is 12.2. The SMILES string of the molecule is Cc1ccnc(-n2c3[c-]c(Oc4[c-]c(-n5nc(C(C)C)c(-c6cc(C(C)(C)C)cc(C(C)(C)C)c6)c5CC(C)C)ccc4)ccc3c3ccccc32)c1.[Pd+2]. The molecule has 54 heavy (non-hydrogen) atoms. The van der Waals surface area contributed by atoms with Gasteiger partial charge in [0, 0.05) is 28.8 Å². The van der Waals surface area contributed by atoms with Crippen molar-refractivity contribution in [3.05, 3.63) is 131 Å². The Morgan fingerprint density at radius 3 is 2.07 bits per heavy atom. The molecule has 0 aliphatic rings. The van der Waals surface area contributed by atoms with E-state index in [0.717, 1.165) is 51.0 Å². The summed E-state index contributed by atoms with van der Waals surface area (Å²) in [6.45, 7) is 24.9. The van der Waals surface area contributed by atoms with E-state index in [1.54, 1.807) is 0 Å². The van der Waals surface area contributed by atoms with E-state index in [1.807, 2.05) is 30.5 Å². The number of aromatic nitrogens is 4. The van der Waals surface area contributed by atoms with E-state index in [9.17, 15) is 0 Å². The number of rotatable bonds is 8. The van der Waals surface area contributed by atoms with Crippen molar-refractivity contribution in [2.45, 2.75) is 99.3 Å². The van der Waals surface area contributed by atoms with E-state index < -0.39 is 0 Å². The third-order valence-electron chi connectivity index (χ3n) is 10.00. The maximum absolute atomic E-state index is 6.57. The number of para-hydroxylation sites is 1. The average molecular weight is 807 g/mol. The fourth-order valence-corrected chi connectivity index (χ4v) is 7.15. The van der Waals surface area contributed by atoms with Gasteiger partial charge in [-0.3, -0.25) is 4.68 Å². The number of benzene rings is 4. The summed E-state index contributed by atoms with van der Waals surface area (Å²) in [6.07, 6.45) is 2.73. The standard InChI is InChI=1S/C48H52N4O.Pd/c1-30(2)23-43-45(33-25-34(47(6,7)8)27-35(26-33)48(9,10)11)46(31(3)4)50-52(43)36-15-14-16-37(28-36)53-38-19-20-40-39-17-12-13-18-41(39)51(42(40)29-38)44-24-32(5)21-22-49-44;/h12-22,24-27,30-31H,23H2,1-11H3;/q-2;+2. The molecule has 0 unspecified atom stereocenters. The Morgan fingerprint density at radius 2 is 1.43 bits per heavy atom. The molecule has 0 radical (unpaired) electrons. The van der Waals surface area contributed by atoms with Gasteiger partial charge in [-0.25, -0.2) is 4.98 Å². The fourth-order valence-electron chi connectivity index (χ4n) is 7.15. The van der Waals surface area contributed by atoms with Crippen molar-refractivity contribution in [1.82, 2.24) is 19.3 Å². The largest absolute Gasteiger partial charge is 2.00 e. The summed E-state index contributed by atoms with van der Waals surface area (Å²) >= 11 is 0. The van der Waals surface area contributed by atoms with E-state index >= 15 is 0 Å². The summed E-state index contributed by atoms with van der Waals surface area (Å²) in [5.74, 6) is 2.73. The van der Waals surface area contributed by atoms with Crippen LogP contribution in [0.25, 0.3) is 44.4 Å². The van der Waals surface area contributed by atoms with Gasteiger partial charge in [-0.15, -0.1) is 35.7 Å². The zero-order chi connectivity index (χ0) is 37.8. The number of pyridine rings is 1. The van der Waals surface area contributed by atoms with E-state index in [0.29, 0.717) is 17.4 Å². The third-order valence-corrected chi connectivity index (χ3v) is 10.00. The number of fused-ring (bicyclic) bond motifs is 3. The van der Waals surface area contributed by atoms with Crippen LogP contribution in [0.3, 0.4) is 0 Å². The second-order valence-corrected chi connectivity index (χ2v) is 17.3. The van der Waals surface area contributed by atoms with Gasteiger partial charge in [-0.1, -0.05) is 111 Å². The van der Waals surface area contributed by atoms with Gasteiger partial charge in [-0.2, -0.15) is 17.2 Å². The summed E-state index contributed by atoms with van der Waals surface area (Å²) < 4.78 is 10.9. The third kappa shape index (κ3) is 7.70. The summed E-state index contributed by atoms with van der Waals surface area (Å²) in [4.78, 5) is 4.73. The van der Waals surface area contributed by atoms with Gasteiger partial charge in [0.05, 0.1) is 11.4 Å². The molecule has 0 saturated carbocycles. The zero-order valence-electron chi connectivity index (χ0n) is 33.5.